The van der Waals surface area contributed by atoms with Gasteiger partial charge in [0, 0.05) is 24.6 Å². The fraction of sp³-hybridized carbons (Fsp3) is 0.409. The van der Waals surface area contributed by atoms with Crippen LogP contribution in [-0.4, -0.2) is 39.5 Å². The molecule has 29 heavy (non-hydrogen) atoms. The highest BCUT2D eigenvalue weighted by atomic mass is 16.5. The van der Waals surface area contributed by atoms with E-state index in [9.17, 15) is 25.2 Å². The van der Waals surface area contributed by atoms with Gasteiger partial charge in [0.1, 0.15) is 17.2 Å². The maximum Gasteiger partial charge on any atom is 0.308 e. The molecule has 0 saturated heterocycles. The third kappa shape index (κ3) is 7.05. The van der Waals surface area contributed by atoms with Crippen LogP contribution in [0.1, 0.15) is 49.0 Å². The summed E-state index contributed by atoms with van der Waals surface area (Å²) in [5.41, 5.74) is 1.66. The van der Waals surface area contributed by atoms with Crippen molar-refractivity contribution in [2.45, 2.75) is 45.3 Å². The normalized spacial score (nSPS) is 12.0. The first-order valence-electron chi connectivity index (χ1n) is 9.73. The van der Waals surface area contributed by atoms with Crippen LogP contribution in [0.5, 0.6) is 17.2 Å². The van der Waals surface area contributed by atoms with Gasteiger partial charge in [0.2, 0.25) is 0 Å². The van der Waals surface area contributed by atoms with Crippen LogP contribution in [0.2, 0.25) is 0 Å². The van der Waals surface area contributed by atoms with Gasteiger partial charge in [-0.15, -0.1) is 0 Å². The topological polar surface area (TPSA) is 119 Å². The lowest BCUT2D eigenvalue weighted by molar-refractivity contribution is -0.131. The van der Waals surface area contributed by atoms with E-state index in [0.717, 1.165) is 25.8 Å². The van der Waals surface area contributed by atoms with E-state index in [2.05, 4.69) is 5.32 Å². The van der Waals surface area contributed by atoms with Crippen molar-refractivity contribution >= 4 is 5.97 Å². The van der Waals surface area contributed by atoms with Gasteiger partial charge >= 0.3 is 5.97 Å². The molecule has 2 aromatic carbocycles. The Bertz CT molecular complexity index is 808. The Balaban J connectivity index is 1.70. The molecule has 2 aromatic rings. The zero-order chi connectivity index (χ0) is 21.2. The largest absolute Gasteiger partial charge is 0.508 e. The average Bonchev–Trinajstić information content (AvgIpc) is 2.68. The van der Waals surface area contributed by atoms with Crippen molar-refractivity contribution in [3.8, 4) is 17.2 Å². The molecule has 0 aromatic heterocycles. The molecule has 0 amide bonds. The average molecular weight is 403 g/mol. The Kier molecular flexibility index (Phi) is 8.92. The summed E-state index contributed by atoms with van der Waals surface area (Å²) in [7, 11) is 0. The molecular formula is C22H29NO6. The smallest absolute Gasteiger partial charge is 0.308 e. The number of benzene rings is 2. The van der Waals surface area contributed by atoms with Crippen LogP contribution in [0.15, 0.2) is 36.4 Å². The molecule has 0 aliphatic heterocycles. The number of aliphatic hydroxyl groups is 2. The molecule has 0 fully saturated rings. The van der Waals surface area contributed by atoms with E-state index in [1.807, 2.05) is 0 Å². The van der Waals surface area contributed by atoms with E-state index < -0.39 is 12.1 Å². The van der Waals surface area contributed by atoms with Crippen molar-refractivity contribution in [1.82, 2.24) is 5.32 Å². The van der Waals surface area contributed by atoms with Crippen LogP contribution in [0.3, 0.4) is 0 Å². The lowest BCUT2D eigenvalue weighted by Crippen LogP contribution is -2.22. The molecule has 1 atom stereocenters. The van der Waals surface area contributed by atoms with Gasteiger partial charge in [0.15, 0.2) is 0 Å². The minimum absolute atomic E-state index is 0.0118. The van der Waals surface area contributed by atoms with Gasteiger partial charge in [-0.1, -0.05) is 18.6 Å². The number of phenolic OH excluding ortho intramolecular Hbond substituents is 1. The first kappa shape index (κ1) is 22.7. The second-order valence-corrected chi connectivity index (χ2v) is 6.92. The number of hydrogen-bond acceptors (Lipinski definition) is 7. The van der Waals surface area contributed by atoms with E-state index in [1.54, 1.807) is 30.3 Å². The quantitative estimate of drug-likeness (QED) is 0.222. The van der Waals surface area contributed by atoms with Gasteiger partial charge in [0.05, 0.1) is 12.7 Å². The number of rotatable bonds is 11. The third-order valence-electron chi connectivity index (χ3n) is 4.64. The Morgan fingerprint density at radius 3 is 2.62 bits per heavy atom. The molecule has 0 saturated carbocycles. The van der Waals surface area contributed by atoms with Gasteiger partial charge in [0.25, 0.3) is 0 Å². The fourth-order valence-corrected chi connectivity index (χ4v) is 3.08. The first-order valence-corrected chi connectivity index (χ1v) is 9.73. The van der Waals surface area contributed by atoms with Gasteiger partial charge in [-0.05, 0) is 55.6 Å². The second kappa shape index (κ2) is 11.4. The summed E-state index contributed by atoms with van der Waals surface area (Å²) in [6, 6.07) is 9.58. The number of esters is 1. The molecule has 2 rings (SSSR count). The lowest BCUT2D eigenvalue weighted by atomic mass is 10.0. The van der Waals surface area contributed by atoms with Crippen LogP contribution in [-0.2, 0) is 17.8 Å². The number of ether oxygens (including phenoxy) is 1. The maximum atomic E-state index is 11.2. The highest BCUT2D eigenvalue weighted by Gasteiger charge is 2.11. The molecule has 158 valence electrons. The minimum Gasteiger partial charge on any atom is -0.508 e. The number of carbonyl (C=O) groups excluding carboxylic acids is 1. The molecule has 0 bridgehead atoms. The standard InChI is InChI=1S/C22H29NO6/c1-15(25)29-22-8-5-7-20(27)18(22)6-3-2-4-11-23-13-21(28)16-9-10-19(26)17(12-16)14-24/h5,7-10,12,21,23-24,26-28H,2-4,6,11,13-14H2,1H3. The molecule has 7 nitrogen and oxygen atoms in total. The Hall–Kier alpha value is -2.61. The number of carbonyl (C=O) groups is 1. The molecule has 5 N–H and O–H groups in total. The summed E-state index contributed by atoms with van der Waals surface area (Å²) < 4.78 is 5.14. The highest BCUT2D eigenvalue weighted by molar-refractivity contribution is 5.70. The zero-order valence-electron chi connectivity index (χ0n) is 16.6. The predicted octanol–water partition coefficient (Wildman–Crippen LogP) is 2.55. The summed E-state index contributed by atoms with van der Waals surface area (Å²) in [6.07, 6.45) is 2.50. The van der Waals surface area contributed by atoms with Crippen LogP contribution >= 0.6 is 0 Å². The number of hydrogen-bond donors (Lipinski definition) is 5. The van der Waals surface area contributed by atoms with Crippen molar-refractivity contribution in [2.24, 2.45) is 0 Å². The highest BCUT2D eigenvalue weighted by Crippen LogP contribution is 2.29. The third-order valence-corrected chi connectivity index (χ3v) is 4.64. The van der Waals surface area contributed by atoms with E-state index in [0.29, 0.717) is 35.4 Å². The summed E-state index contributed by atoms with van der Waals surface area (Å²) in [4.78, 5) is 11.2. The van der Waals surface area contributed by atoms with Gasteiger partial charge in [-0.25, -0.2) is 0 Å². The Morgan fingerprint density at radius 2 is 1.90 bits per heavy atom. The predicted molar refractivity (Wildman–Crippen MR) is 109 cm³/mol. The van der Waals surface area contributed by atoms with Crippen molar-refractivity contribution in [3.63, 3.8) is 0 Å². The van der Waals surface area contributed by atoms with E-state index in [4.69, 9.17) is 4.74 Å². The van der Waals surface area contributed by atoms with E-state index in [-0.39, 0.29) is 18.1 Å². The Labute approximate surface area is 170 Å². The summed E-state index contributed by atoms with van der Waals surface area (Å²) in [5.74, 6) is 0.119. The van der Waals surface area contributed by atoms with Crippen molar-refractivity contribution in [3.05, 3.63) is 53.1 Å². The summed E-state index contributed by atoms with van der Waals surface area (Å²) >= 11 is 0. The van der Waals surface area contributed by atoms with Crippen molar-refractivity contribution < 1.29 is 30.0 Å². The SMILES string of the molecule is CC(=O)Oc1cccc(O)c1CCCCCNCC(O)c1ccc(O)c(CO)c1. The Morgan fingerprint density at radius 1 is 1.10 bits per heavy atom. The molecule has 0 spiro atoms. The number of aliphatic hydroxyl groups excluding tert-OH is 2. The zero-order valence-corrected chi connectivity index (χ0v) is 16.6. The fourth-order valence-electron chi connectivity index (χ4n) is 3.08. The molecular weight excluding hydrogens is 374 g/mol. The van der Waals surface area contributed by atoms with E-state index >= 15 is 0 Å². The number of unbranched alkanes of at least 4 members (excludes halogenated alkanes) is 2. The molecule has 0 heterocycles. The molecule has 0 aliphatic rings. The number of phenols is 2. The number of aromatic hydroxyl groups is 2. The minimum atomic E-state index is -0.728. The van der Waals surface area contributed by atoms with Crippen LogP contribution < -0.4 is 10.1 Å². The molecule has 0 radical (unpaired) electrons. The van der Waals surface area contributed by atoms with Gasteiger partial charge in [-0.2, -0.15) is 0 Å². The number of nitrogens with one attached hydrogen (secondary N) is 1. The van der Waals surface area contributed by atoms with Crippen LogP contribution in [0.4, 0.5) is 0 Å². The second-order valence-electron chi connectivity index (χ2n) is 6.92. The van der Waals surface area contributed by atoms with Crippen LogP contribution in [0.25, 0.3) is 0 Å². The molecule has 7 heteroatoms. The molecule has 0 aliphatic carbocycles. The van der Waals surface area contributed by atoms with Crippen molar-refractivity contribution in [2.75, 3.05) is 13.1 Å². The molecule has 1 unspecified atom stereocenters. The first-order chi connectivity index (χ1) is 13.9. The van der Waals surface area contributed by atoms with Gasteiger partial charge in [-0.3, -0.25) is 4.79 Å². The van der Waals surface area contributed by atoms with Gasteiger partial charge < -0.3 is 30.5 Å². The summed E-state index contributed by atoms with van der Waals surface area (Å²) in [6.45, 7) is 2.14. The lowest BCUT2D eigenvalue weighted by Gasteiger charge is -2.14. The summed E-state index contributed by atoms with van der Waals surface area (Å²) in [5, 5.41) is 42.2. The monoisotopic (exact) mass is 403 g/mol. The van der Waals surface area contributed by atoms with E-state index in [1.165, 1.54) is 13.0 Å². The van der Waals surface area contributed by atoms with Crippen LogP contribution in [0, 0.1) is 0 Å². The maximum absolute atomic E-state index is 11.2. The van der Waals surface area contributed by atoms with Crippen molar-refractivity contribution in [1.29, 1.82) is 0 Å².